The number of hydrogen-bond acceptors (Lipinski definition) is 7. The summed E-state index contributed by atoms with van der Waals surface area (Å²) >= 11 is 0. The summed E-state index contributed by atoms with van der Waals surface area (Å²) < 4.78 is 62.3. The molecule has 2 heterocycles. The molecule has 2 unspecified atom stereocenters. The predicted molar refractivity (Wildman–Crippen MR) is 94.7 cm³/mol. The third-order valence-corrected chi connectivity index (χ3v) is 6.83. The molecule has 0 aromatic heterocycles. The summed E-state index contributed by atoms with van der Waals surface area (Å²) in [5.41, 5.74) is 0.109. The van der Waals surface area contributed by atoms with Gasteiger partial charge in [-0.05, 0) is 12.5 Å². The van der Waals surface area contributed by atoms with E-state index in [1.54, 1.807) is 0 Å². The van der Waals surface area contributed by atoms with Gasteiger partial charge in [0.2, 0.25) is 0 Å². The van der Waals surface area contributed by atoms with Crippen LogP contribution in [0.25, 0.3) is 0 Å². The molecule has 0 spiro atoms. The Morgan fingerprint density at radius 2 is 1.86 bits per heavy atom. The summed E-state index contributed by atoms with van der Waals surface area (Å²) in [5, 5.41) is 21.8. The Bertz CT molecular complexity index is 848. The van der Waals surface area contributed by atoms with Crippen LogP contribution in [0.5, 0.6) is 0 Å². The molecule has 2 saturated heterocycles. The van der Waals surface area contributed by atoms with Crippen molar-refractivity contribution in [2.45, 2.75) is 18.8 Å². The van der Waals surface area contributed by atoms with E-state index in [4.69, 9.17) is 0 Å². The van der Waals surface area contributed by atoms with Gasteiger partial charge >= 0.3 is 6.18 Å². The molecule has 28 heavy (non-hydrogen) atoms. The quantitative estimate of drug-likeness (QED) is 0.581. The molecule has 1 aromatic rings. The van der Waals surface area contributed by atoms with Gasteiger partial charge in [-0.1, -0.05) is 0 Å². The zero-order chi connectivity index (χ0) is 20.7. The molecule has 12 heteroatoms. The predicted octanol–water partition coefficient (Wildman–Crippen LogP) is 1.70. The van der Waals surface area contributed by atoms with Gasteiger partial charge in [-0.2, -0.15) is 13.2 Å². The van der Waals surface area contributed by atoms with Gasteiger partial charge in [-0.15, -0.1) is 0 Å². The Morgan fingerprint density at radius 3 is 2.39 bits per heavy atom. The largest absolute Gasteiger partial charge is 0.393 e. The van der Waals surface area contributed by atoms with Crippen LogP contribution in [-0.4, -0.2) is 67.2 Å². The van der Waals surface area contributed by atoms with Crippen LogP contribution < -0.4 is 4.90 Å². The van der Waals surface area contributed by atoms with E-state index < -0.39 is 33.1 Å². The SMILES string of the molecule is O=[N+]([O-])c1ccc(C(O)N2CCS(=O)(=O)CC2)c(N2CCC(C(F)(F)F)C2)c1. The fourth-order valence-corrected chi connectivity index (χ4v) is 4.78. The van der Waals surface area contributed by atoms with Crippen LogP contribution >= 0.6 is 0 Å². The summed E-state index contributed by atoms with van der Waals surface area (Å²) in [7, 11) is -3.18. The van der Waals surface area contributed by atoms with Crippen molar-refractivity contribution < 1.29 is 31.6 Å². The first kappa shape index (κ1) is 20.8. The minimum absolute atomic E-state index is 0.0550. The smallest absolute Gasteiger partial charge is 0.374 e. The number of nitro groups is 1. The van der Waals surface area contributed by atoms with Crippen molar-refractivity contribution in [3.8, 4) is 0 Å². The molecular weight excluding hydrogens is 403 g/mol. The molecule has 156 valence electrons. The number of alkyl halides is 3. The molecule has 2 fully saturated rings. The average molecular weight is 423 g/mol. The minimum atomic E-state index is -4.37. The molecule has 0 bridgehead atoms. The highest BCUT2D eigenvalue weighted by atomic mass is 32.2. The van der Waals surface area contributed by atoms with Crippen LogP contribution in [0.2, 0.25) is 0 Å². The van der Waals surface area contributed by atoms with Crippen LogP contribution in [-0.2, 0) is 9.84 Å². The molecule has 1 N–H and O–H groups in total. The maximum Gasteiger partial charge on any atom is 0.393 e. The number of anilines is 1. The molecule has 0 amide bonds. The van der Waals surface area contributed by atoms with Gasteiger partial charge in [0.1, 0.15) is 6.23 Å². The lowest BCUT2D eigenvalue weighted by Gasteiger charge is -2.33. The lowest BCUT2D eigenvalue weighted by atomic mass is 10.1. The lowest BCUT2D eigenvalue weighted by molar-refractivity contribution is -0.384. The Hall–Kier alpha value is -1.92. The van der Waals surface area contributed by atoms with E-state index in [0.29, 0.717) is 0 Å². The van der Waals surface area contributed by atoms with E-state index in [2.05, 4.69) is 0 Å². The van der Waals surface area contributed by atoms with Gasteiger partial charge in [0, 0.05) is 43.9 Å². The molecule has 0 radical (unpaired) electrons. The first-order valence-corrected chi connectivity index (χ1v) is 10.5. The number of aliphatic hydroxyl groups excluding tert-OH is 1. The first-order valence-electron chi connectivity index (χ1n) is 8.70. The molecule has 3 rings (SSSR count). The van der Waals surface area contributed by atoms with E-state index in [1.165, 1.54) is 21.9 Å². The maximum absolute atomic E-state index is 13.0. The highest BCUT2D eigenvalue weighted by Gasteiger charge is 2.44. The van der Waals surface area contributed by atoms with Gasteiger partial charge in [0.15, 0.2) is 9.84 Å². The topological polar surface area (TPSA) is 104 Å². The van der Waals surface area contributed by atoms with Crippen molar-refractivity contribution in [1.82, 2.24) is 4.90 Å². The van der Waals surface area contributed by atoms with Gasteiger partial charge in [0.25, 0.3) is 5.69 Å². The standard InChI is InChI=1S/C16H20F3N3O5S/c17-16(18,19)11-3-4-21(10-11)14-9-12(22(24)25)1-2-13(14)15(23)20-5-7-28(26,27)8-6-20/h1-2,9,11,15,23H,3-8,10H2. The van der Waals surface area contributed by atoms with E-state index in [9.17, 15) is 36.8 Å². The fraction of sp³-hybridized carbons (Fsp3) is 0.625. The number of nitro benzene ring substituents is 1. The molecule has 1 aromatic carbocycles. The molecule has 8 nitrogen and oxygen atoms in total. The van der Waals surface area contributed by atoms with Crippen molar-refractivity contribution in [2.24, 2.45) is 5.92 Å². The normalized spacial score (nSPS) is 24.3. The van der Waals surface area contributed by atoms with Crippen LogP contribution in [0.1, 0.15) is 18.2 Å². The number of aliphatic hydroxyl groups is 1. The highest BCUT2D eigenvalue weighted by Crippen LogP contribution is 2.39. The Labute approximate surface area is 159 Å². The zero-order valence-corrected chi connectivity index (χ0v) is 15.6. The molecule has 2 atom stereocenters. The molecule has 2 aliphatic heterocycles. The van der Waals surface area contributed by atoms with E-state index in [0.717, 1.165) is 6.07 Å². The van der Waals surface area contributed by atoms with Crippen molar-refractivity contribution in [3.63, 3.8) is 0 Å². The summed E-state index contributed by atoms with van der Waals surface area (Å²) in [6.45, 7) is -0.144. The second-order valence-corrected chi connectivity index (χ2v) is 9.34. The number of rotatable bonds is 4. The molecular formula is C16H20F3N3O5S. The lowest BCUT2D eigenvalue weighted by Crippen LogP contribution is -2.42. The van der Waals surface area contributed by atoms with Gasteiger partial charge < -0.3 is 10.0 Å². The van der Waals surface area contributed by atoms with Crippen LogP contribution in [0.15, 0.2) is 18.2 Å². The summed E-state index contributed by atoms with van der Waals surface area (Å²) in [4.78, 5) is 13.4. The number of sulfone groups is 1. The van der Waals surface area contributed by atoms with E-state index >= 15 is 0 Å². The van der Waals surface area contributed by atoms with Gasteiger partial charge in [0.05, 0.1) is 28.0 Å². The third kappa shape index (κ3) is 4.39. The molecule has 2 aliphatic rings. The average Bonchev–Trinajstić information content (AvgIpc) is 3.11. The maximum atomic E-state index is 13.0. The Balaban J connectivity index is 1.90. The monoisotopic (exact) mass is 423 g/mol. The number of hydrogen-bond donors (Lipinski definition) is 1. The number of nitrogens with zero attached hydrogens (tertiary/aromatic N) is 3. The third-order valence-electron chi connectivity index (χ3n) is 5.22. The van der Waals surface area contributed by atoms with Crippen LogP contribution in [0.3, 0.4) is 0 Å². The number of benzene rings is 1. The first-order chi connectivity index (χ1) is 13.0. The van der Waals surface area contributed by atoms with Crippen molar-refractivity contribution in [1.29, 1.82) is 0 Å². The second-order valence-electron chi connectivity index (χ2n) is 7.03. The summed E-state index contributed by atoms with van der Waals surface area (Å²) in [6.07, 6.45) is -5.77. The van der Waals surface area contributed by atoms with E-state index in [1.807, 2.05) is 0 Å². The van der Waals surface area contributed by atoms with Gasteiger partial charge in [-0.25, -0.2) is 8.42 Å². The molecule has 0 aliphatic carbocycles. The number of halogens is 3. The van der Waals surface area contributed by atoms with Crippen LogP contribution in [0, 0.1) is 16.0 Å². The molecule has 0 saturated carbocycles. The fourth-order valence-electron chi connectivity index (χ4n) is 3.55. The second kappa shape index (κ2) is 7.48. The highest BCUT2D eigenvalue weighted by molar-refractivity contribution is 7.91. The van der Waals surface area contributed by atoms with Crippen molar-refractivity contribution in [3.05, 3.63) is 33.9 Å². The Kier molecular flexibility index (Phi) is 5.56. The van der Waals surface area contributed by atoms with Gasteiger partial charge in [-0.3, -0.25) is 15.0 Å². The van der Waals surface area contributed by atoms with Crippen LogP contribution in [0.4, 0.5) is 24.5 Å². The summed E-state index contributed by atoms with van der Waals surface area (Å²) in [5.74, 6) is -1.81. The summed E-state index contributed by atoms with van der Waals surface area (Å²) in [6, 6.07) is 3.67. The van der Waals surface area contributed by atoms with Crippen molar-refractivity contribution >= 4 is 21.2 Å². The Morgan fingerprint density at radius 1 is 1.21 bits per heavy atom. The van der Waals surface area contributed by atoms with E-state index in [-0.39, 0.29) is 61.0 Å². The van der Waals surface area contributed by atoms with Crippen molar-refractivity contribution in [2.75, 3.05) is 42.6 Å². The minimum Gasteiger partial charge on any atom is -0.374 e. The zero-order valence-electron chi connectivity index (χ0n) is 14.8. The number of non-ortho nitro benzene ring substituents is 1.